The molecule has 0 bridgehead atoms. The Kier molecular flexibility index (Phi) is 4.29. The number of aromatic amines is 1. The molecular weight excluding hydrogens is 280 g/mol. The average molecular weight is 296 g/mol. The summed E-state index contributed by atoms with van der Waals surface area (Å²) in [5.74, 6) is 5.21. The fourth-order valence-corrected chi connectivity index (χ4v) is 2.31. The first-order valence-electron chi connectivity index (χ1n) is 6.30. The molecule has 0 unspecified atom stereocenters. The lowest BCUT2D eigenvalue weighted by Crippen LogP contribution is -2.37. The van der Waals surface area contributed by atoms with Gasteiger partial charge in [0.05, 0.1) is 12.2 Å². The van der Waals surface area contributed by atoms with E-state index in [-0.39, 0.29) is 11.3 Å². The molecule has 1 aliphatic heterocycles. The highest BCUT2D eigenvalue weighted by Gasteiger charge is 2.45. The van der Waals surface area contributed by atoms with E-state index >= 15 is 0 Å². The molecule has 1 fully saturated rings. The van der Waals surface area contributed by atoms with Crippen LogP contribution >= 0.6 is 0 Å². The first kappa shape index (κ1) is 15.5. The number of H-pyrrole nitrogens is 1. The van der Waals surface area contributed by atoms with E-state index in [1.807, 2.05) is 0 Å². The number of hydrogen-bond acceptors (Lipinski definition) is 6. The third-order valence-electron chi connectivity index (χ3n) is 3.43. The third-order valence-corrected chi connectivity index (χ3v) is 3.43. The van der Waals surface area contributed by atoms with Gasteiger partial charge in [0.25, 0.3) is 5.56 Å². The van der Waals surface area contributed by atoms with Crippen molar-refractivity contribution in [1.29, 1.82) is 0 Å². The molecule has 4 N–H and O–H groups in total. The maximum Gasteiger partial charge on any atom is 0.329 e. The van der Waals surface area contributed by atoms with E-state index in [0.717, 1.165) is 4.57 Å². The maximum absolute atomic E-state index is 12.1. The van der Waals surface area contributed by atoms with Crippen molar-refractivity contribution in [1.82, 2.24) is 9.55 Å². The quantitative estimate of drug-likeness (QED) is 0.451. The van der Waals surface area contributed by atoms with Crippen molar-refractivity contribution < 1.29 is 20.1 Å². The normalized spacial score (nSPS) is 28.2. The van der Waals surface area contributed by atoms with Crippen LogP contribution in [-0.2, 0) is 11.8 Å². The van der Waals surface area contributed by atoms with Gasteiger partial charge in [-0.15, -0.1) is 0 Å². The molecule has 114 valence electrons. The summed E-state index contributed by atoms with van der Waals surface area (Å²) < 4.78 is 6.46. The molecule has 2 rings (SSSR count). The Bertz CT molecular complexity index is 710. The number of ether oxygens (including phenoxy) is 1. The molecule has 21 heavy (non-hydrogen) atoms. The Morgan fingerprint density at radius 2 is 2.00 bits per heavy atom. The van der Waals surface area contributed by atoms with Crippen LogP contribution in [0, 0.1) is 11.8 Å². The van der Waals surface area contributed by atoms with E-state index in [1.54, 1.807) is 0 Å². The van der Waals surface area contributed by atoms with Crippen molar-refractivity contribution in [3.8, 4) is 11.8 Å². The van der Waals surface area contributed by atoms with Crippen LogP contribution in [0.25, 0.3) is 0 Å². The number of aromatic nitrogens is 2. The summed E-state index contributed by atoms with van der Waals surface area (Å²) in [6.07, 6.45) is -4.93. The van der Waals surface area contributed by atoms with Gasteiger partial charge in [0.1, 0.15) is 30.1 Å². The number of nitrogens with zero attached hydrogens (tertiary/aromatic N) is 1. The van der Waals surface area contributed by atoms with E-state index in [9.17, 15) is 19.8 Å². The zero-order valence-corrected chi connectivity index (χ0v) is 11.5. The van der Waals surface area contributed by atoms with E-state index in [0.29, 0.717) is 0 Å². The molecule has 0 saturated carbocycles. The third kappa shape index (κ3) is 2.52. The fraction of sp³-hybridized carbons (Fsp3) is 0.538. The number of hydrogen-bond donors (Lipinski definition) is 4. The Morgan fingerprint density at radius 1 is 1.33 bits per heavy atom. The molecule has 8 heteroatoms. The summed E-state index contributed by atoms with van der Waals surface area (Å²) in [7, 11) is 1.42. The molecule has 0 aliphatic carbocycles. The smallest absolute Gasteiger partial charge is 0.329 e. The predicted molar refractivity (Wildman–Crippen MR) is 71.6 cm³/mol. The lowest BCUT2D eigenvalue weighted by atomic mass is 10.0. The van der Waals surface area contributed by atoms with Gasteiger partial charge in [-0.3, -0.25) is 14.3 Å². The zero-order chi connectivity index (χ0) is 15.7. The summed E-state index contributed by atoms with van der Waals surface area (Å²) in [5, 5.41) is 28.9. The summed E-state index contributed by atoms with van der Waals surface area (Å²) in [6, 6.07) is 0. The molecule has 1 aliphatic rings. The summed E-state index contributed by atoms with van der Waals surface area (Å²) in [6.45, 7) is 1.03. The van der Waals surface area contributed by atoms with Gasteiger partial charge < -0.3 is 20.1 Å². The molecule has 1 aromatic rings. The fourth-order valence-electron chi connectivity index (χ4n) is 2.31. The molecule has 0 spiro atoms. The Balaban J connectivity index is 2.64. The van der Waals surface area contributed by atoms with Crippen LogP contribution in [-0.4, -0.2) is 49.8 Å². The van der Waals surface area contributed by atoms with E-state index in [4.69, 9.17) is 9.84 Å². The SMILES string of the molecule is CC#Cc1c([C@@H]2O[C@H](CO)[C@@H](O)[C@H]2O)c(=O)[nH]c(=O)n1C. The van der Waals surface area contributed by atoms with Crippen LogP contribution in [0.4, 0.5) is 0 Å². The minimum Gasteiger partial charge on any atom is -0.394 e. The Labute approximate surface area is 119 Å². The maximum atomic E-state index is 12.1. The Hall–Kier alpha value is -1.92. The van der Waals surface area contributed by atoms with Crippen LogP contribution in [0.2, 0.25) is 0 Å². The second kappa shape index (κ2) is 5.83. The minimum atomic E-state index is -1.40. The number of aliphatic hydroxyl groups excluding tert-OH is 3. The molecule has 1 saturated heterocycles. The highest BCUT2D eigenvalue weighted by Crippen LogP contribution is 2.32. The molecule has 2 heterocycles. The van der Waals surface area contributed by atoms with Gasteiger partial charge >= 0.3 is 5.69 Å². The Morgan fingerprint density at radius 3 is 2.52 bits per heavy atom. The van der Waals surface area contributed by atoms with Crippen molar-refractivity contribution in [2.75, 3.05) is 6.61 Å². The van der Waals surface area contributed by atoms with Gasteiger partial charge in [-0.05, 0) is 12.8 Å². The van der Waals surface area contributed by atoms with Gasteiger partial charge in [-0.25, -0.2) is 4.79 Å². The largest absolute Gasteiger partial charge is 0.394 e. The van der Waals surface area contributed by atoms with Crippen molar-refractivity contribution >= 4 is 0 Å². The first-order chi connectivity index (χ1) is 9.92. The summed E-state index contributed by atoms with van der Waals surface area (Å²) in [4.78, 5) is 25.8. The predicted octanol–water partition coefficient (Wildman–Crippen LogP) is -2.40. The number of nitrogens with one attached hydrogen (secondary N) is 1. The van der Waals surface area contributed by atoms with Gasteiger partial charge in [-0.2, -0.15) is 0 Å². The van der Waals surface area contributed by atoms with Crippen molar-refractivity contribution in [3.63, 3.8) is 0 Å². The lowest BCUT2D eigenvalue weighted by molar-refractivity contribution is -0.0234. The molecule has 4 atom stereocenters. The highest BCUT2D eigenvalue weighted by atomic mass is 16.6. The molecular formula is C13H16N2O6. The number of aliphatic hydroxyl groups is 3. The minimum absolute atomic E-state index is 0.0473. The van der Waals surface area contributed by atoms with Crippen LogP contribution < -0.4 is 11.2 Å². The monoisotopic (exact) mass is 296 g/mol. The van der Waals surface area contributed by atoms with Gasteiger partial charge in [0, 0.05) is 7.05 Å². The van der Waals surface area contributed by atoms with Crippen LogP contribution in [0.15, 0.2) is 9.59 Å². The van der Waals surface area contributed by atoms with Crippen molar-refractivity contribution in [3.05, 3.63) is 32.1 Å². The van der Waals surface area contributed by atoms with E-state index in [2.05, 4.69) is 16.8 Å². The highest BCUT2D eigenvalue weighted by molar-refractivity contribution is 5.37. The first-order valence-corrected chi connectivity index (χ1v) is 6.30. The van der Waals surface area contributed by atoms with Gasteiger partial charge in [0.2, 0.25) is 0 Å². The lowest BCUT2D eigenvalue weighted by Gasteiger charge is -2.17. The number of rotatable bonds is 2. The topological polar surface area (TPSA) is 125 Å². The second-order valence-corrected chi connectivity index (χ2v) is 4.71. The molecule has 0 amide bonds. The van der Waals surface area contributed by atoms with Crippen molar-refractivity contribution in [2.45, 2.75) is 31.3 Å². The van der Waals surface area contributed by atoms with Crippen LogP contribution in [0.5, 0.6) is 0 Å². The van der Waals surface area contributed by atoms with E-state index < -0.39 is 42.3 Å². The summed E-state index contributed by atoms with van der Waals surface area (Å²) >= 11 is 0. The second-order valence-electron chi connectivity index (χ2n) is 4.71. The zero-order valence-electron chi connectivity index (χ0n) is 11.5. The van der Waals surface area contributed by atoms with Gasteiger partial charge in [0.15, 0.2) is 0 Å². The summed E-state index contributed by atoms with van der Waals surface area (Å²) in [5.41, 5.74) is -1.34. The van der Waals surface area contributed by atoms with Crippen LogP contribution in [0.3, 0.4) is 0 Å². The molecule has 1 aromatic heterocycles. The van der Waals surface area contributed by atoms with Crippen LogP contribution in [0.1, 0.15) is 24.3 Å². The van der Waals surface area contributed by atoms with E-state index in [1.165, 1.54) is 14.0 Å². The molecule has 0 aromatic carbocycles. The standard InChI is InChI=1S/C13H16N2O6/c1-3-4-6-8(12(19)14-13(20)15(6)2)11-10(18)9(17)7(5-16)21-11/h7,9-11,16-18H,5H2,1-2H3,(H,14,19,20)/t7-,9-,10-,11+/m1/s1. The van der Waals surface area contributed by atoms with Crippen molar-refractivity contribution in [2.24, 2.45) is 7.05 Å². The molecule has 8 nitrogen and oxygen atoms in total. The van der Waals surface area contributed by atoms with Gasteiger partial charge in [-0.1, -0.05) is 5.92 Å². The molecule has 0 radical (unpaired) electrons. The average Bonchev–Trinajstić information content (AvgIpc) is 2.73.